The van der Waals surface area contributed by atoms with Crippen molar-refractivity contribution in [3.8, 4) is 11.4 Å². The first-order chi connectivity index (χ1) is 13.1. The smallest absolute Gasteiger partial charge is 0.287 e. The Morgan fingerprint density at radius 2 is 2.07 bits per heavy atom. The van der Waals surface area contributed by atoms with Crippen LogP contribution in [0.4, 0.5) is 10.1 Å². The number of ether oxygens (including phenoxy) is 1. The van der Waals surface area contributed by atoms with Gasteiger partial charge in [0.25, 0.3) is 5.56 Å². The highest BCUT2D eigenvalue weighted by Gasteiger charge is 2.12. The van der Waals surface area contributed by atoms with E-state index < -0.39 is 11.4 Å². The molecule has 0 radical (unpaired) electrons. The summed E-state index contributed by atoms with van der Waals surface area (Å²) in [6.45, 7) is 0. The molecule has 0 saturated heterocycles. The molecule has 0 atom stereocenters. The quantitative estimate of drug-likeness (QED) is 0.660. The molecule has 1 amide bonds. The highest BCUT2D eigenvalue weighted by molar-refractivity contribution is 7.99. The average molecular weight is 385 g/mol. The minimum atomic E-state index is -0.443. The standard InChI is InChI=1S/C19H16FN3O3S/c1-26-16-8-3-2-7-15(16)22-17(24)12-27-18-19(25)23(10-9-21-18)14-6-4-5-13(20)11-14/h2-11H,12H2,1H3,(H,22,24). The Morgan fingerprint density at radius 3 is 2.85 bits per heavy atom. The van der Waals surface area contributed by atoms with Crippen LogP contribution < -0.4 is 15.6 Å². The molecule has 1 N–H and O–H groups in total. The maximum atomic E-state index is 13.4. The lowest BCUT2D eigenvalue weighted by atomic mass is 10.3. The van der Waals surface area contributed by atoms with Crippen LogP contribution in [0.3, 0.4) is 0 Å². The molecule has 2 aromatic carbocycles. The molecule has 0 aliphatic carbocycles. The fourth-order valence-corrected chi connectivity index (χ4v) is 3.09. The lowest BCUT2D eigenvalue weighted by Crippen LogP contribution is -2.22. The number of thioether (sulfide) groups is 1. The van der Waals surface area contributed by atoms with Crippen LogP contribution in [0.15, 0.2) is 70.7 Å². The van der Waals surface area contributed by atoms with Crippen molar-refractivity contribution in [1.29, 1.82) is 0 Å². The maximum Gasteiger partial charge on any atom is 0.287 e. The maximum absolute atomic E-state index is 13.4. The van der Waals surface area contributed by atoms with Crippen molar-refractivity contribution in [1.82, 2.24) is 9.55 Å². The van der Waals surface area contributed by atoms with Gasteiger partial charge in [-0.25, -0.2) is 9.37 Å². The van der Waals surface area contributed by atoms with Crippen LogP contribution in [-0.2, 0) is 4.79 Å². The van der Waals surface area contributed by atoms with Gasteiger partial charge in [0.15, 0.2) is 5.03 Å². The summed E-state index contributed by atoms with van der Waals surface area (Å²) >= 11 is 1.01. The summed E-state index contributed by atoms with van der Waals surface area (Å²) in [5.41, 5.74) is 0.518. The van der Waals surface area contributed by atoms with Gasteiger partial charge in [-0.15, -0.1) is 0 Å². The van der Waals surface area contributed by atoms with Crippen LogP contribution in [0, 0.1) is 5.82 Å². The van der Waals surface area contributed by atoms with Crippen molar-refractivity contribution >= 4 is 23.4 Å². The number of nitrogens with one attached hydrogen (secondary N) is 1. The van der Waals surface area contributed by atoms with Crippen LogP contribution in [0.2, 0.25) is 0 Å². The number of carbonyl (C=O) groups excluding carboxylic acids is 1. The van der Waals surface area contributed by atoms with Crippen molar-refractivity contribution < 1.29 is 13.9 Å². The molecule has 8 heteroatoms. The molecular weight excluding hydrogens is 369 g/mol. The van der Waals surface area contributed by atoms with E-state index in [1.165, 1.54) is 42.3 Å². The molecule has 3 rings (SSSR count). The second-order valence-corrected chi connectivity index (χ2v) is 6.39. The van der Waals surface area contributed by atoms with Crippen molar-refractivity contribution in [3.63, 3.8) is 0 Å². The number of methoxy groups -OCH3 is 1. The molecule has 0 unspecified atom stereocenters. The topological polar surface area (TPSA) is 73.2 Å². The van der Waals surface area contributed by atoms with Crippen molar-refractivity contribution in [3.05, 3.63) is 77.1 Å². The molecule has 0 saturated carbocycles. The zero-order valence-corrected chi connectivity index (χ0v) is 15.2. The third kappa shape index (κ3) is 4.53. The molecule has 0 spiro atoms. The van der Waals surface area contributed by atoms with E-state index in [-0.39, 0.29) is 16.7 Å². The first-order valence-corrected chi connectivity index (χ1v) is 8.96. The average Bonchev–Trinajstić information content (AvgIpc) is 2.67. The number of para-hydroxylation sites is 2. The number of amides is 1. The van der Waals surface area contributed by atoms with Gasteiger partial charge in [0.1, 0.15) is 11.6 Å². The Morgan fingerprint density at radius 1 is 1.26 bits per heavy atom. The number of rotatable bonds is 6. The third-order valence-electron chi connectivity index (χ3n) is 3.62. The number of benzene rings is 2. The van der Waals surface area contributed by atoms with E-state index in [9.17, 15) is 14.0 Å². The third-order valence-corrected chi connectivity index (χ3v) is 4.58. The van der Waals surface area contributed by atoms with Crippen molar-refractivity contribution in [2.24, 2.45) is 0 Å². The lowest BCUT2D eigenvalue weighted by molar-refractivity contribution is -0.113. The molecule has 6 nitrogen and oxygen atoms in total. The highest BCUT2D eigenvalue weighted by atomic mass is 32.2. The Balaban J connectivity index is 1.72. The number of carbonyl (C=O) groups is 1. The first kappa shape index (κ1) is 18.7. The summed E-state index contributed by atoms with van der Waals surface area (Å²) in [6.07, 6.45) is 2.89. The second-order valence-electron chi connectivity index (χ2n) is 5.42. The van der Waals surface area contributed by atoms with Gasteiger partial charge in [-0.05, 0) is 30.3 Å². The minimum Gasteiger partial charge on any atom is -0.495 e. The van der Waals surface area contributed by atoms with E-state index in [0.717, 1.165) is 11.8 Å². The summed E-state index contributed by atoms with van der Waals surface area (Å²) in [5.74, 6) is -0.205. The van der Waals surface area contributed by atoms with Crippen LogP contribution in [0.25, 0.3) is 5.69 Å². The monoisotopic (exact) mass is 385 g/mol. The first-order valence-electron chi connectivity index (χ1n) is 7.98. The van der Waals surface area contributed by atoms with Gasteiger partial charge in [-0.3, -0.25) is 14.2 Å². The molecule has 0 aliphatic heterocycles. The Kier molecular flexibility index (Phi) is 5.87. The fraction of sp³-hybridized carbons (Fsp3) is 0.105. The van der Waals surface area contributed by atoms with E-state index in [4.69, 9.17) is 4.74 Å². The summed E-state index contributed by atoms with van der Waals surface area (Å²) in [4.78, 5) is 28.8. The summed E-state index contributed by atoms with van der Waals surface area (Å²) in [6, 6.07) is 12.7. The number of halogens is 1. The molecule has 0 fully saturated rings. The van der Waals surface area contributed by atoms with Crippen molar-refractivity contribution in [2.45, 2.75) is 5.03 Å². The number of hydrogen-bond acceptors (Lipinski definition) is 5. The van der Waals surface area contributed by atoms with E-state index in [2.05, 4.69) is 10.3 Å². The molecule has 27 heavy (non-hydrogen) atoms. The number of nitrogens with zero attached hydrogens (tertiary/aromatic N) is 2. The predicted octanol–water partition coefficient (Wildman–Crippen LogP) is 3.11. The normalized spacial score (nSPS) is 10.4. The molecular formula is C19H16FN3O3S. The molecule has 0 aliphatic rings. The van der Waals surface area contributed by atoms with Gasteiger partial charge < -0.3 is 10.1 Å². The molecule has 1 aromatic heterocycles. The predicted molar refractivity (Wildman–Crippen MR) is 102 cm³/mol. The van der Waals surface area contributed by atoms with Gasteiger partial charge in [0.2, 0.25) is 5.91 Å². The summed E-state index contributed by atoms with van der Waals surface area (Å²) in [7, 11) is 1.52. The van der Waals surface area contributed by atoms with Crippen LogP contribution in [0.5, 0.6) is 5.75 Å². The van der Waals surface area contributed by atoms with Crippen LogP contribution >= 0.6 is 11.8 Å². The Labute approximate surface area is 159 Å². The molecule has 0 bridgehead atoms. The second kappa shape index (κ2) is 8.50. The van der Waals surface area contributed by atoms with Gasteiger partial charge in [-0.2, -0.15) is 0 Å². The van der Waals surface area contributed by atoms with Crippen LogP contribution in [0.1, 0.15) is 0 Å². The van der Waals surface area contributed by atoms with Gasteiger partial charge in [0, 0.05) is 12.4 Å². The summed E-state index contributed by atoms with van der Waals surface area (Å²) in [5, 5.41) is 2.88. The van der Waals surface area contributed by atoms with E-state index in [0.29, 0.717) is 17.1 Å². The van der Waals surface area contributed by atoms with E-state index in [1.54, 1.807) is 30.3 Å². The SMILES string of the molecule is COc1ccccc1NC(=O)CSc1nccn(-c2cccc(F)c2)c1=O. The lowest BCUT2D eigenvalue weighted by Gasteiger charge is -2.10. The van der Waals surface area contributed by atoms with E-state index >= 15 is 0 Å². The zero-order valence-electron chi connectivity index (χ0n) is 14.4. The molecule has 1 heterocycles. The van der Waals surface area contributed by atoms with Crippen molar-refractivity contribution in [2.75, 3.05) is 18.2 Å². The summed E-state index contributed by atoms with van der Waals surface area (Å²) < 4.78 is 19.9. The van der Waals surface area contributed by atoms with Crippen LogP contribution in [-0.4, -0.2) is 28.3 Å². The minimum absolute atomic E-state index is 0.00650. The Hall–Kier alpha value is -3.13. The molecule has 3 aromatic rings. The largest absolute Gasteiger partial charge is 0.495 e. The zero-order chi connectivity index (χ0) is 19.2. The number of hydrogen-bond donors (Lipinski definition) is 1. The van der Waals surface area contributed by atoms with E-state index in [1.807, 2.05) is 0 Å². The van der Waals surface area contributed by atoms with Gasteiger partial charge in [0.05, 0.1) is 24.2 Å². The fourth-order valence-electron chi connectivity index (χ4n) is 2.39. The highest BCUT2D eigenvalue weighted by Crippen LogP contribution is 2.23. The number of aromatic nitrogens is 2. The number of anilines is 1. The van der Waals surface area contributed by atoms with Gasteiger partial charge in [-0.1, -0.05) is 30.0 Å². The van der Waals surface area contributed by atoms with Gasteiger partial charge >= 0.3 is 0 Å². The molecule has 138 valence electrons. The Bertz CT molecular complexity index is 1020.